The zero-order chi connectivity index (χ0) is 15.8. The van der Waals surface area contributed by atoms with Crippen molar-refractivity contribution in [1.29, 1.82) is 0 Å². The van der Waals surface area contributed by atoms with E-state index < -0.39 is 11.6 Å². The summed E-state index contributed by atoms with van der Waals surface area (Å²) in [7, 11) is 0. The number of hydrogen-bond acceptors (Lipinski definition) is 3. The van der Waals surface area contributed by atoms with Gasteiger partial charge < -0.3 is 10.2 Å². The highest BCUT2D eigenvalue weighted by Crippen LogP contribution is 2.25. The number of nitrogens with zero attached hydrogens (tertiary/aromatic N) is 2. The topological polar surface area (TPSA) is 62.3 Å². The van der Waals surface area contributed by atoms with E-state index in [9.17, 15) is 9.59 Å². The van der Waals surface area contributed by atoms with Gasteiger partial charge in [0, 0.05) is 10.7 Å². The van der Waals surface area contributed by atoms with Gasteiger partial charge in [-0.05, 0) is 47.8 Å². The Labute approximate surface area is 133 Å². The van der Waals surface area contributed by atoms with Gasteiger partial charge in [-0.2, -0.15) is 0 Å². The highest BCUT2D eigenvalue weighted by Gasteiger charge is 2.47. The van der Waals surface area contributed by atoms with Crippen LogP contribution in [-0.4, -0.2) is 33.3 Å². The third-order valence-corrected chi connectivity index (χ3v) is 4.29. The fourth-order valence-corrected chi connectivity index (χ4v) is 2.57. The minimum atomic E-state index is -0.878. The lowest BCUT2D eigenvalue weighted by Gasteiger charge is -2.45. The maximum absolute atomic E-state index is 12.7. The monoisotopic (exact) mass is 353 g/mol. The van der Waals surface area contributed by atoms with Crippen molar-refractivity contribution in [1.82, 2.24) is 15.2 Å². The molecule has 1 aliphatic rings. The summed E-state index contributed by atoms with van der Waals surface area (Å²) in [6.45, 7) is 7.70. The SMILES string of the molecule is CC(C)C1NC(=O)C(C)(C)N(Cc2ccc(Br)cn2)C1=O. The minimum Gasteiger partial charge on any atom is -0.342 e. The van der Waals surface area contributed by atoms with Gasteiger partial charge in [-0.1, -0.05) is 13.8 Å². The van der Waals surface area contributed by atoms with Crippen LogP contribution in [0.2, 0.25) is 0 Å². The number of amides is 2. The summed E-state index contributed by atoms with van der Waals surface area (Å²) in [6.07, 6.45) is 1.69. The van der Waals surface area contributed by atoms with Crippen LogP contribution in [-0.2, 0) is 16.1 Å². The molecule has 0 radical (unpaired) electrons. The van der Waals surface area contributed by atoms with Crippen LogP contribution in [0.15, 0.2) is 22.8 Å². The van der Waals surface area contributed by atoms with E-state index in [0.717, 1.165) is 10.2 Å². The van der Waals surface area contributed by atoms with Gasteiger partial charge in [-0.15, -0.1) is 0 Å². The van der Waals surface area contributed by atoms with Gasteiger partial charge in [0.25, 0.3) is 0 Å². The maximum Gasteiger partial charge on any atom is 0.246 e. The zero-order valence-corrected chi connectivity index (χ0v) is 14.3. The fraction of sp³-hybridized carbons (Fsp3) is 0.533. The van der Waals surface area contributed by atoms with Crippen LogP contribution in [0.1, 0.15) is 33.4 Å². The molecule has 1 N–H and O–H groups in total. The molecule has 2 amide bonds. The predicted molar refractivity (Wildman–Crippen MR) is 83.3 cm³/mol. The average Bonchev–Trinajstić information content (AvgIpc) is 2.41. The number of aromatic nitrogens is 1. The Hall–Kier alpha value is -1.43. The lowest BCUT2D eigenvalue weighted by atomic mass is 9.91. The molecular formula is C15H20BrN3O2. The Morgan fingerprint density at radius 1 is 1.38 bits per heavy atom. The normalized spacial score (nSPS) is 21.6. The first-order valence-electron chi connectivity index (χ1n) is 6.96. The molecule has 2 rings (SSSR count). The summed E-state index contributed by atoms with van der Waals surface area (Å²) in [5.74, 6) is -0.129. The van der Waals surface area contributed by atoms with Crippen molar-refractivity contribution in [2.45, 2.75) is 45.8 Å². The summed E-state index contributed by atoms with van der Waals surface area (Å²) in [5, 5.41) is 2.82. The predicted octanol–water partition coefficient (Wildman–Crippen LogP) is 2.11. The number of hydrogen-bond donors (Lipinski definition) is 1. The summed E-state index contributed by atoms with van der Waals surface area (Å²) in [4.78, 5) is 30.9. The van der Waals surface area contributed by atoms with E-state index in [0.29, 0.717) is 6.54 Å². The van der Waals surface area contributed by atoms with Gasteiger partial charge >= 0.3 is 0 Å². The molecule has 114 valence electrons. The Balaban J connectivity index is 2.30. The Morgan fingerprint density at radius 3 is 2.57 bits per heavy atom. The molecule has 0 saturated carbocycles. The van der Waals surface area contributed by atoms with E-state index >= 15 is 0 Å². The molecule has 5 nitrogen and oxygen atoms in total. The molecule has 0 spiro atoms. The molecule has 1 saturated heterocycles. The highest BCUT2D eigenvalue weighted by molar-refractivity contribution is 9.10. The van der Waals surface area contributed by atoms with Gasteiger partial charge in [0.15, 0.2) is 0 Å². The maximum atomic E-state index is 12.7. The van der Waals surface area contributed by atoms with Crippen LogP contribution >= 0.6 is 15.9 Å². The average molecular weight is 354 g/mol. The van der Waals surface area contributed by atoms with E-state index in [4.69, 9.17) is 0 Å². The minimum absolute atomic E-state index is 0.0536. The van der Waals surface area contributed by atoms with Crippen LogP contribution in [0.4, 0.5) is 0 Å². The van der Waals surface area contributed by atoms with E-state index in [1.807, 2.05) is 26.0 Å². The number of rotatable bonds is 3. The third-order valence-electron chi connectivity index (χ3n) is 3.82. The molecule has 1 atom stereocenters. The Morgan fingerprint density at radius 2 is 2.05 bits per heavy atom. The van der Waals surface area contributed by atoms with E-state index in [2.05, 4.69) is 26.2 Å². The second-order valence-electron chi connectivity index (χ2n) is 6.15. The number of nitrogens with one attached hydrogen (secondary N) is 1. The first-order valence-corrected chi connectivity index (χ1v) is 7.75. The van der Waals surface area contributed by atoms with Crippen LogP contribution in [0.25, 0.3) is 0 Å². The summed E-state index contributed by atoms with van der Waals surface area (Å²) >= 11 is 3.34. The number of carbonyl (C=O) groups excluding carboxylic acids is 2. The molecular weight excluding hydrogens is 334 g/mol. The fourth-order valence-electron chi connectivity index (χ4n) is 2.33. The first kappa shape index (κ1) is 15.9. The van der Waals surface area contributed by atoms with Gasteiger partial charge in [0.2, 0.25) is 11.8 Å². The molecule has 1 fully saturated rings. The largest absolute Gasteiger partial charge is 0.342 e. The smallest absolute Gasteiger partial charge is 0.246 e. The molecule has 0 aromatic carbocycles. The quantitative estimate of drug-likeness (QED) is 0.904. The lowest BCUT2D eigenvalue weighted by molar-refractivity contribution is -0.157. The van der Waals surface area contributed by atoms with Gasteiger partial charge in [0.1, 0.15) is 11.6 Å². The summed E-state index contributed by atoms with van der Waals surface area (Å²) in [6, 6.07) is 3.26. The molecule has 0 bridgehead atoms. The molecule has 1 aromatic heterocycles. The second-order valence-corrected chi connectivity index (χ2v) is 7.06. The zero-order valence-electron chi connectivity index (χ0n) is 12.7. The van der Waals surface area contributed by atoms with Crippen LogP contribution in [0, 0.1) is 5.92 Å². The molecule has 1 aliphatic heterocycles. The van der Waals surface area contributed by atoms with E-state index in [1.54, 1.807) is 24.9 Å². The van der Waals surface area contributed by atoms with Crippen molar-refractivity contribution in [2.24, 2.45) is 5.92 Å². The van der Waals surface area contributed by atoms with Crippen molar-refractivity contribution in [3.8, 4) is 0 Å². The molecule has 21 heavy (non-hydrogen) atoms. The Bertz CT molecular complexity index is 555. The van der Waals surface area contributed by atoms with Crippen molar-refractivity contribution in [3.05, 3.63) is 28.5 Å². The van der Waals surface area contributed by atoms with E-state index in [-0.39, 0.29) is 17.7 Å². The molecule has 6 heteroatoms. The van der Waals surface area contributed by atoms with Gasteiger partial charge in [-0.3, -0.25) is 14.6 Å². The standard InChI is InChI=1S/C15H20BrN3O2/c1-9(2)12-13(20)19(15(3,4)14(21)18-12)8-11-6-5-10(16)7-17-11/h5-7,9,12H,8H2,1-4H3,(H,18,21). The van der Waals surface area contributed by atoms with E-state index in [1.165, 1.54) is 0 Å². The van der Waals surface area contributed by atoms with Crippen LogP contribution in [0.3, 0.4) is 0 Å². The summed E-state index contributed by atoms with van der Waals surface area (Å²) < 4.78 is 0.883. The van der Waals surface area contributed by atoms with Crippen molar-refractivity contribution in [3.63, 3.8) is 0 Å². The molecule has 1 unspecified atom stereocenters. The molecule has 2 heterocycles. The van der Waals surface area contributed by atoms with Crippen molar-refractivity contribution in [2.75, 3.05) is 0 Å². The first-order chi connectivity index (χ1) is 9.73. The van der Waals surface area contributed by atoms with Crippen LogP contribution < -0.4 is 5.32 Å². The lowest BCUT2D eigenvalue weighted by Crippen LogP contribution is -2.69. The van der Waals surface area contributed by atoms with Gasteiger partial charge in [-0.25, -0.2) is 0 Å². The summed E-state index contributed by atoms with van der Waals surface area (Å²) in [5.41, 5.74) is -0.117. The number of halogens is 1. The highest BCUT2D eigenvalue weighted by atomic mass is 79.9. The number of piperazine rings is 1. The molecule has 1 aromatic rings. The van der Waals surface area contributed by atoms with Crippen molar-refractivity contribution >= 4 is 27.7 Å². The van der Waals surface area contributed by atoms with Gasteiger partial charge in [0.05, 0.1) is 12.2 Å². The second kappa shape index (κ2) is 5.75. The van der Waals surface area contributed by atoms with Crippen molar-refractivity contribution < 1.29 is 9.59 Å². The Kier molecular flexibility index (Phi) is 4.37. The van der Waals surface area contributed by atoms with Crippen LogP contribution in [0.5, 0.6) is 0 Å². The number of carbonyl (C=O) groups is 2. The molecule has 0 aliphatic carbocycles. The third kappa shape index (κ3) is 3.10. The number of pyridine rings is 1.